The Balaban J connectivity index is 2.03. The number of likely N-dealkylation sites (tertiary alicyclic amines) is 1. The summed E-state index contributed by atoms with van der Waals surface area (Å²) in [7, 11) is 4.30. The van der Waals surface area contributed by atoms with Crippen molar-refractivity contribution in [3.8, 4) is 0 Å². The number of hydrogen-bond donors (Lipinski definition) is 1. The van der Waals surface area contributed by atoms with Crippen LogP contribution >= 0.6 is 0 Å². The largest absolute Gasteiger partial charge is 0.319 e. The van der Waals surface area contributed by atoms with Crippen molar-refractivity contribution in [2.24, 2.45) is 17.8 Å². The van der Waals surface area contributed by atoms with Gasteiger partial charge < -0.3 is 10.2 Å². The third kappa shape index (κ3) is 1.79. The van der Waals surface area contributed by atoms with Gasteiger partial charge in [-0.2, -0.15) is 0 Å². The van der Waals surface area contributed by atoms with E-state index in [0.717, 1.165) is 17.8 Å². The van der Waals surface area contributed by atoms with Gasteiger partial charge in [-0.1, -0.05) is 12.2 Å². The van der Waals surface area contributed by atoms with Crippen molar-refractivity contribution in [2.75, 3.05) is 33.7 Å². The Morgan fingerprint density at radius 1 is 1.46 bits per heavy atom. The van der Waals surface area contributed by atoms with Gasteiger partial charge in [0.15, 0.2) is 0 Å². The molecule has 1 fully saturated rings. The van der Waals surface area contributed by atoms with Crippen LogP contribution in [0.25, 0.3) is 0 Å². The van der Waals surface area contributed by atoms with Gasteiger partial charge in [-0.25, -0.2) is 0 Å². The average molecular weight is 180 g/mol. The van der Waals surface area contributed by atoms with Crippen LogP contribution in [0, 0.1) is 17.8 Å². The number of allylic oxidation sites excluding steroid dienone is 1. The minimum Gasteiger partial charge on any atom is -0.319 e. The SMILES string of the molecule is CNCC1CC=CC2CN(C)CC21. The minimum atomic E-state index is 0.831. The molecule has 0 aromatic heterocycles. The van der Waals surface area contributed by atoms with Gasteiger partial charge in [0.05, 0.1) is 0 Å². The van der Waals surface area contributed by atoms with E-state index in [2.05, 4.69) is 36.5 Å². The predicted octanol–water partition coefficient (Wildman–Crippen LogP) is 0.960. The smallest absolute Gasteiger partial charge is 0.00447 e. The second kappa shape index (κ2) is 3.81. The van der Waals surface area contributed by atoms with Crippen molar-refractivity contribution >= 4 is 0 Å². The molecule has 0 bridgehead atoms. The monoisotopic (exact) mass is 180 g/mol. The quantitative estimate of drug-likeness (QED) is 0.637. The molecule has 1 aliphatic carbocycles. The molecule has 3 atom stereocenters. The highest BCUT2D eigenvalue weighted by Crippen LogP contribution is 2.35. The van der Waals surface area contributed by atoms with Crippen LogP contribution < -0.4 is 5.32 Å². The van der Waals surface area contributed by atoms with E-state index in [1.54, 1.807) is 0 Å². The standard InChI is InChI=1S/C11H20N2/c1-12-6-9-4-3-5-10-7-13(2)8-11(9)10/h3,5,9-12H,4,6-8H2,1-2H3. The van der Waals surface area contributed by atoms with E-state index < -0.39 is 0 Å². The van der Waals surface area contributed by atoms with Crippen molar-refractivity contribution in [3.63, 3.8) is 0 Å². The highest BCUT2D eigenvalue weighted by Gasteiger charge is 2.35. The zero-order valence-electron chi connectivity index (χ0n) is 8.66. The predicted molar refractivity (Wildman–Crippen MR) is 55.7 cm³/mol. The first-order valence-electron chi connectivity index (χ1n) is 5.31. The molecule has 1 heterocycles. The molecule has 0 saturated carbocycles. The lowest BCUT2D eigenvalue weighted by molar-refractivity contribution is 0.283. The molecule has 2 heteroatoms. The second-order valence-corrected chi connectivity index (χ2v) is 4.53. The summed E-state index contributed by atoms with van der Waals surface area (Å²) >= 11 is 0. The fourth-order valence-corrected chi connectivity index (χ4v) is 2.87. The summed E-state index contributed by atoms with van der Waals surface area (Å²) in [5, 5.41) is 3.31. The normalized spacial score (nSPS) is 39.4. The Hall–Kier alpha value is -0.340. The van der Waals surface area contributed by atoms with E-state index in [1.165, 1.54) is 26.1 Å². The zero-order valence-corrected chi connectivity index (χ0v) is 8.66. The molecule has 13 heavy (non-hydrogen) atoms. The lowest BCUT2D eigenvalue weighted by Gasteiger charge is -2.29. The molecule has 0 spiro atoms. The number of fused-ring (bicyclic) bond motifs is 1. The van der Waals surface area contributed by atoms with Gasteiger partial charge in [0.25, 0.3) is 0 Å². The lowest BCUT2D eigenvalue weighted by atomic mass is 9.78. The van der Waals surface area contributed by atoms with Crippen molar-refractivity contribution in [1.29, 1.82) is 0 Å². The van der Waals surface area contributed by atoms with Crippen LogP contribution in [-0.2, 0) is 0 Å². The number of nitrogens with zero attached hydrogens (tertiary/aromatic N) is 1. The molecule has 0 aromatic carbocycles. The molecule has 0 radical (unpaired) electrons. The second-order valence-electron chi connectivity index (χ2n) is 4.53. The fourth-order valence-electron chi connectivity index (χ4n) is 2.87. The van der Waals surface area contributed by atoms with Gasteiger partial charge in [-0.15, -0.1) is 0 Å². The molecule has 2 aliphatic rings. The van der Waals surface area contributed by atoms with Crippen molar-refractivity contribution in [2.45, 2.75) is 6.42 Å². The number of nitrogens with one attached hydrogen (secondary N) is 1. The van der Waals surface area contributed by atoms with E-state index in [0.29, 0.717) is 0 Å². The summed E-state index contributed by atoms with van der Waals surface area (Å²) in [6, 6.07) is 0. The van der Waals surface area contributed by atoms with E-state index in [9.17, 15) is 0 Å². The summed E-state index contributed by atoms with van der Waals surface area (Å²) in [5.74, 6) is 2.60. The van der Waals surface area contributed by atoms with Gasteiger partial charge in [0.2, 0.25) is 0 Å². The molecular weight excluding hydrogens is 160 g/mol. The third-order valence-corrected chi connectivity index (χ3v) is 3.49. The highest BCUT2D eigenvalue weighted by atomic mass is 15.1. The van der Waals surface area contributed by atoms with Gasteiger partial charge in [0, 0.05) is 13.1 Å². The summed E-state index contributed by atoms with van der Waals surface area (Å²) in [6.45, 7) is 3.74. The first-order valence-corrected chi connectivity index (χ1v) is 5.31. The van der Waals surface area contributed by atoms with Crippen molar-refractivity contribution in [3.05, 3.63) is 12.2 Å². The average Bonchev–Trinajstić information content (AvgIpc) is 2.47. The van der Waals surface area contributed by atoms with E-state index in [-0.39, 0.29) is 0 Å². The van der Waals surface area contributed by atoms with Crippen molar-refractivity contribution < 1.29 is 0 Å². The number of rotatable bonds is 2. The molecule has 1 N–H and O–H groups in total. The van der Waals surface area contributed by atoms with Crippen LogP contribution in [0.4, 0.5) is 0 Å². The molecule has 0 amide bonds. The maximum Gasteiger partial charge on any atom is 0.00447 e. The number of hydrogen-bond acceptors (Lipinski definition) is 2. The van der Waals surface area contributed by atoms with Crippen LogP contribution in [0.3, 0.4) is 0 Å². The Morgan fingerprint density at radius 3 is 3.08 bits per heavy atom. The van der Waals surface area contributed by atoms with Crippen LogP contribution in [0.1, 0.15) is 6.42 Å². The van der Waals surface area contributed by atoms with Crippen molar-refractivity contribution in [1.82, 2.24) is 10.2 Å². The van der Waals surface area contributed by atoms with Crippen LogP contribution in [0.2, 0.25) is 0 Å². The maximum atomic E-state index is 3.31. The summed E-state index contributed by atoms with van der Waals surface area (Å²) in [4.78, 5) is 2.47. The van der Waals surface area contributed by atoms with Crippen LogP contribution in [0.5, 0.6) is 0 Å². The maximum absolute atomic E-state index is 3.31. The van der Waals surface area contributed by atoms with Gasteiger partial charge >= 0.3 is 0 Å². The molecule has 1 saturated heterocycles. The molecule has 2 rings (SSSR count). The molecule has 2 nitrogen and oxygen atoms in total. The van der Waals surface area contributed by atoms with E-state index in [1.807, 2.05) is 0 Å². The summed E-state index contributed by atoms with van der Waals surface area (Å²) in [6.07, 6.45) is 6.08. The molecule has 0 aromatic rings. The van der Waals surface area contributed by atoms with Crippen LogP contribution in [-0.4, -0.2) is 38.6 Å². The van der Waals surface area contributed by atoms with E-state index in [4.69, 9.17) is 0 Å². The molecular formula is C11H20N2. The Bertz CT molecular complexity index is 200. The van der Waals surface area contributed by atoms with Gasteiger partial charge in [-0.05, 0) is 44.8 Å². The Morgan fingerprint density at radius 2 is 2.31 bits per heavy atom. The first kappa shape index (κ1) is 9.22. The zero-order chi connectivity index (χ0) is 9.26. The molecule has 3 unspecified atom stereocenters. The molecule has 74 valence electrons. The summed E-state index contributed by atoms with van der Waals surface area (Å²) in [5.41, 5.74) is 0. The van der Waals surface area contributed by atoms with E-state index >= 15 is 0 Å². The lowest BCUT2D eigenvalue weighted by Crippen LogP contribution is -2.31. The summed E-state index contributed by atoms with van der Waals surface area (Å²) < 4.78 is 0. The van der Waals surface area contributed by atoms with Gasteiger partial charge in [-0.3, -0.25) is 0 Å². The minimum absolute atomic E-state index is 0.831. The molecule has 1 aliphatic heterocycles. The third-order valence-electron chi connectivity index (χ3n) is 3.49. The van der Waals surface area contributed by atoms with Crippen LogP contribution in [0.15, 0.2) is 12.2 Å². The topological polar surface area (TPSA) is 15.3 Å². The highest BCUT2D eigenvalue weighted by molar-refractivity contribution is 5.05. The van der Waals surface area contributed by atoms with Gasteiger partial charge in [0.1, 0.15) is 0 Å². The Labute approximate surface area is 81.0 Å². The Kier molecular flexibility index (Phi) is 2.70. The fraction of sp³-hybridized carbons (Fsp3) is 0.818. The first-order chi connectivity index (χ1) is 6.31.